The summed E-state index contributed by atoms with van der Waals surface area (Å²) in [5.41, 5.74) is 6.23. The number of unbranched alkanes of at least 4 members (excludes halogenated alkanes) is 1. The van der Waals surface area contributed by atoms with Crippen molar-refractivity contribution in [2.75, 3.05) is 39.5 Å². The van der Waals surface area contributed by atoms with Gasteiger partial charge < -0.3 is 30.9 Å². The monoisotopic (exact) mass is 491 g/mol. The van der Waals surface area contributed by atoms with E-state index in [1.54, 1.807) is 18.2 Å². The van der Waals surface area contributed by atoms with Gasteiger partial charge in [0.05, 0.1) is 0 Å². The number of nitrogens with one attached hydrogen (secondary N) is 2. The molecule has 8 heteroatoms. The van der Waals surface area contributed by atoms with Gasteiger partial charge in [0.25, 0.3) is 0 Å². The van der Waals surface area contributed by atoms with E-state index in [4.69, 9.17) is 15.2 Å². The van der Waals surface area contributed by atoms with Gasteiger partial charge in [-0.3, -0.25) is 9.59 Å². The number of hydrogen-bond donors (Lipinski definition) is 4. The fourth-order valence-corrected chi connectivity index (χ4v) is 4.34. The first-order valence-electron chi connectivity index (χ1n) is 13.3. The first-order chi connectivity index (χ1) is 17.1. The Morgan fingerprint density at radius 1 is 1.00 bits per heavy atom. The molecule has 1 fully saturated rings. The third kappa shape index (κ3) is 13.5. The van der Waals surface area contributed by atoms with Gasteiger partial charge in [-0.15, -0.1) is 0 Å². The predicted octanol–water partition coefficient (Wildman–Crippen LogP) is 3.06. The number of phenols is 1. The van der Waals surface area contributed by atoms with Crippen LogP contribution in [0.1, 0.15) is 69.8 Å². The lowest BCUT2D eigenvalue weighted by molar-refractivity contribution is -0.129. The van der Waals surface area contributed by atoms with Gasteiger partial charge >= 0.3 is 0 Å². The molecule has 5 N–H and O–H groups in total. The molecule has 1 saturated carbocycles. The fraction of sp³-hybridized carbons (Fsp3) is 0.704. The number of ether oxygens (including phenoxy) is 2. The first-order valence-corrected chi connectivity index (χ1v) is 13.3. The van der Waals surface area contributed by atoms with Crippen LogP contribution in [0.5, 0.6) is 5.75 Å². The maximum atomic E-state index is 12.9. The smallest absolute Gasteiger partial charge is 0.242 e. The summed E-state index contributed by atoms with van der Waals surface area (Å²) in [5.74, 6) is 0.268. The number of carbonyl (C=O) groups is 2. The zero-order chi connectivity index (χ0) is 25.1. The van der Waals surface area contributed by atoms with E-state index in [2.05, 4.69) is 10.6 Å². The molecule has 1 atom stereocenters. The highest BCUT2D eigenvalue weighted by Gasteiger charge is 2.23. The number of amides is 2. The summed E-state index contributed by atoms with van der Waals surface area (Å²) in [6.07, 6.45) is 10.0. The molecule has 1 aromatic carbocycles. The minimum absolute atomic E-state index is 0.0763. The highest BCUT2D eigenvalue weighted by atomic mass is 16.5. The summed E-state index contributed by atoms with van der Waals surface area (Å²) in [4.78, 5) is 25.6. The second kappa shape index (κ2) is 18.2. The predicted molar refractivity (Wildman–Crippen MR) is 137 cm³/mol. The van der Waals surface area contributed by atoms with E-state index in [0.29, 0.717) is 58.1 Å². The van der Waals surface area contributed by atoms with Crippen LogP contribution in [0.4, 0.5) is 0 Å². The second-order valence-corrected chi connectivity index (χ2v) is 9.42. The van der Waals surface area contributed by atoms with Gasteiger partial charge in [-0.05, 0) is 68.7 Å². The Morgan fingerprint density at radius 2 is 1.69 bits per heavy atom. The summed E-state index contributed by atoms with van der Waals surface area (Å²) >= 11 is 0. The quantitative estimate of drug-likeness (QED) is 0.234. The molecule has 2 rings (SSSR count). The van der Waals surface area contributed by atoms with Crippen LogP contribution in [-0.2, 0) is 25.5 Å². The molecule has 1 aliphatic carbocycles. The topological polar surface area (TPSA) is 123 Å². The maximum Gasteiger partial charge on any atom is 0.242 e. The molecule has 0 aliphatic heterocycles. The molecule has 1 aliphatic rings. The molecule has 2 amide bonds. The number of rotatable bonds is 18. The average molecular weight is 492 g/mol. The number of hydrogen-bond acceptors (Lipinski definition) is 6. The molecule has 0 radical (unpaired) electrons. The zero-order valence-electron chi connectivity index (χ0n) is 21.1. The number of phenolic OH excluding ortho intramolecular Hbond substituents is 1. The molecule has 1 aromatic rings. The van der Waals surface area contributed by atoms with E-state index in [1.807, 2.05) is 6.07 Å². The van der Waals surface area contributed by atoms with E-state index in [9.17, 15) is 14.7 Å². The van der Waals surface area contributed by atoms with E-state index >= 15 is 0 Å². The van der Waals surface area contributed by atoms with Gasteiger partial charge in [0.1, 0.15) is 11.8 Å². The third-order valence-corrected chi connectivity index (χ3v) is 6.29. The molecule has 0 unspecified atom stereocenters. The molecule has 8 nitrogen and oxygen atoms in total. The van der Waals surface area contributed by atoms with E-state index in [1.165, 1.54) is 19.3 Å². The molecule has 0 bridgehead atoms. The van der Waals surface area contributed by atoms with Gasteiger partial charge in [-0.1, -0.05) is 31.4 Å². The molecular weight excluding hydrogens is 446 g/mol. The van der Waals surface area contributed by atoms with Crippen molar-refractivity contribution < 1.29 is 24.2 Å². The molecule has 35 heavy (non-hydrogen) atoms. The van der Waals surface area contributed by atoms with E-state index < -0.39 is 6.04 Å². The lowest BCUT2D eigenvalue weighted by atomic mass is 9.87. The molecular formula is C27H45N3O5. The SMILES string of the molecule is NCCCOCCCCOCCCNC(=O)[C@H](Cc1cccc(O)c1)NC(=O)CC1CCCCC1. The number of carbonyl (C=O) groups excluding carboxylic acids is 2. The van der Waals surface area contributed by atoms with Crippen molar-refractivity contribution in [3.05, 3.63) is 29.8 Å². The van der Waals surface area contributed by atoms with Crippen molar-refractivity contribution >= 4 is 11.8 Å². The molecule has 0 spiro atoms. The largest absolute Gasteiger partial charge is 0.508 e. The minimum atomic E-state index is -0.673. The molecule has 0 saturated heterocycles. The Morgan fingerprint density at radius 3 is 2.37 bits per heavy atom. The van der Waals surface area contributed by atoms with Gasteiger partial charge in [0.15, 0.2) is 0 Å². The Hall–Kier alpha value is -2.16. The Labute approximate surface area is 210 Å². The third-order valence-electron chi connectivity index (χ3n) is 6.29. The van der Waals surface area contributed by atoms with Crippen LogP contribution in [-0.4, -0.2) is 62.5 Å². The van der Waals surface area contributed by atoms with Crippen molar-refractivity contribution in [2.24, 2.45) is 11.7 Å². The fourth-order valence-electron chi connectivity index (χ4n) is 4.34. The Balaban J connectivity index is 1.69. The number of aromatic hydroxyl groups is 1. The van der Waals surface area contributed by atoms with Crippen molar-refractivity contribution in [1.82, 2.24) is 10.6 Å². The van der Waals surface area contributed by atoms with E-state index in [-0.39, 0.29) is 17.6 Å². The summed E-state index contributed by atoms with van der Waals surface area (Å²) in [6.45, 7) is 3.82. The van der Waals surface area contributed by atoms with Crippen molar-refractivity contribution in [3.8, 4) is 5.75 Å². The highest BCUT2D eigenvalue weighted by Crippen LogP contribution is 2.26. The van der Waals surface area contributed by atoms with Gasteiger partial charge in [-0.2, -0.15) is 0 Å². The standard InChI is InChI=1S/C27H45N3O5/c28-13-7-17-34-15-4-5-16-35-18-8-14-29-27(33)25(20-23-11-6-12-24(31)19-23)30-26(32)21-22-9-2-1-3-10-22/h6,11-12,19,22,25,31H,1-5,7-10,13-18,20-21,28H2,(H,29,33)(H,30,32)/t25-/m0/s1. The Bertz CT molecular complexity index is 725. The van der Waals surface area contributed by atoms with Crippen LogP contribution in [0, 0.1) is 5.92 Å². The van der Waals surface area contributed by atoms with Crippen LogP contribution in [0.2, 0.25) is 0 Å². The lowest BCUT2D eigenvalue weighted by Crippen LogP contribution is -2.48. The van der Waals surface area contributed by atoms with Crippen LogP contribution >= 0.6 is 0 Å². The molecule has 0 heterocycles. The highest BCUT2D eigenvalue weighted by molar-refractivity contribution is 5.88. The summed E-state index contributed by atoms with van der Waals surface area (Å²) in [6, 6.07) is 6.14. The van der Waals surface area contributed by atoms with Crippen LogP contribution in [0.25, 0.3) is 0 Å². The average Bonchev–Trinajstić information content (AvgIpc) is 2.85. The van der Waals surface area contributed by atoms with Crippen molar-refractivity contribution in [1.29, 1.82) is 0 Å². The molecule has 0 aromatic heterocycles. The summed E-state index contributed by atoms with van der Waals surface area (Å²) < 4.78 is 11.1. The lowest BCUT2D eigenvalue weighted by Gasteiger charge is -2.23. The van der Waals surface area contributed by atoms with Gasteiger partial charge in [0, 0.05) is 45.8 Å². The Kier molecular flexibility index (Phi) is 15.1. The maximum absolute atomic E-state index is 12.9. The number of benzene rings is 1. The minimum Gasteiger partial charge on any atom is -0.508 e. The van der Waals surface area contributed by atoms with Gasteiger partial charge in [0.2, 0.25) is 11.8 Å². The zero-order valence-corrected chi connectivity index (χ0v) is 21.1. The summed E-state index contributed by atoms with van der Waals surface area (Å²) in [7, 11) is 0. The second-order valence-electron chi connectivity index (χ2n) is 9.42. The normalized spacial score (nSPS) is 15.0. The summed E-state index contributed by atoms with van der Waals surface area (Å²) in [5, 5.41) is 15.6. The van der Waals surface area contributed by atoms with Crippen molar-refractivity contribution in [3.63, 3.8) is 0 Å². The first kappa shape index (κ1) is 29.1. The van der Waals surface area contributed by atoms with Crippen LogP contribution in [0.15, 0.2) is 24.3 Å². The van der Waals surface area contributed by atoms with E-state index in [0.717, 1.165) is 44.3 Å². The van der Waals surface area contributed by atoms with Gasteiger partial charge in [-0.25, -0.2) is 0 Å². The van der Waals surface area contributed by atoms with Crippen molar-refractivity contribution in [2.45, 2.75) is 76.7 Å². The van der Waals surface area contributed by atoms with Crippen LogP contribution in [0.3, 0.4) is 0 Å². The molecule has 198 valence electrons. The van der Waals surface area contributed by atoms with Crippen LogP contribution < -0.4 is 16.4 Å². The number of nitrogens with two attached hydrogens (primary N) is 1.